The first kappa shape index (κ1) is 15.6. The number of aliphatic hydroxyl groups is 1. The Morgan fingerprint density at radius 1 is 1.05 bits per heavy atom. The Morgan fingerprint density at radius 3 is 2.52 bits per heavy atom. The molecule has 0 spiro atoms. The summed E-state index contributed by atoms with van der Waals surface area (Å²) in [6, 6.07) is 11.6. The van der Waals surface area contributed by atoms with Crippen LogP contribution in [0.3, 0.4) is 0 Å². The van der Waals surface area contributed by atoms with E-state index in [-0.39, 0.29) is 6.61 Å². The largest absolute Gasteiger partial charge is 0.396 e. The zero-order valence-electron chi connectivity index (χ0n) is 11.1. The van der Waals surface area contributed by atoms with E-state index < -0.39 is 6.03 Å². The summed E-state index contributed by atoms with van der Waals surface area (Å²) in [6.45, 7) is -0.00771. The van der Waals surface area contributed by atoms with Gasteiger partial charge < -0.3 is 15.7 Å². The number of hydrogen-bond donors (Lipinski definition) is 3. The average molecular weight is 325 g/mol. The van der Waals surface area contributed by atoms with Crippen LogP contribution in [0.2, 0.25) is 10.0 Å². The van der Waals surface area contributed by atoms with Crippen molar-refractivity contribution in [1.29, 1.82) is 0 Å². The molecule has 110 valence electrons. The molecule has 0 aliphatic rings. The van der Waals surface area contributed by atoms with Gasteiger partial charge in [-0.15, -0.1) is 0 Å². The first-order valence-corrected chi connectivity index (χ1v) is 7.07. The van der Waals surface area contributed by atoms with Crippen LogP contribution in [0.1, 0.15) is 5.56 Å². The summed E-state index contributed by atoms with van der Waals surface area (Å²) in [7, 11) is 0. The van der Waals surface area contributed by atoms with Crippen molar-refractivity contribution in [3.63, 3.8) is 0 Å². The van der Waals surface area contributed by atoms with Gasteiger partial charge in [-0.3, -0.25) is 0 Å². The zero-order chi connectivity index (χ0) is 15.2. The van der Waals surface area contributed by atoms with Gasteiger partial charge in [-0.1, -0.05) is 35.3 Å². The van der Waals surface area contributed by atoms with Crippen molar-refractivity contribution in [3.05, 3.63) is 58.1 Å². The van der Waals surface area contributed by atoms with Gasteiger partial charge >= 0.3 is 6.03 Å². The maximum absolute atomic E-state index is 12.0. The molecule has 0 aromatic heterocycles. The number of halogens is 2. The van der Waals surface area contributed by atoms with E-state index in [2.05, 4.69) is 10.6 Å². The van der Waals surface area contributed by atoms with E-state index in [1.807, 2.05) is 0 Å². The Bertz CT molecular complexity index is 647. The molecule has 0 saturated heterocycles. The number of amides is 2. The highest BCUT2D eigenvalue weighted by atomic mass is 35.5. The summed E-state index contributed by atoms with van der Waals surface area (Å²) in [5.41, 5.74) is 1.96. The lowest BCUT2D eigenvalue weighted by Gasteiger charge is -2.12. The molecule has 2 amide bonds. The molecule has 0 heterocycles. The Labute approximate surface area is 132 Å². The lowest BCUT2D eigenvalue weighted by Crippen LogP contribution is -2.20. The van der Waals surface area contributed by atoms with E-state index in [1.165, 1.54) is 0 Å². The van der Waals surface area contributed by atoms with Crippen LogP contribution in [0.25, 0.3) is 0 Å². The summed E-state index contributed by atoms with van der Waals surface area (Å²) >= 11 is 11.8. The number of urea groups is 1. The second kappa shape index (κ2) is 7.31. The Morgan fingerprint density at radius 2 is 1.81 bits per heavy atom. The van der Waals surface area contributed by atoms with Crippen LogP contribution in [0.4, 0.5) is 16.2 Å². The molecule has 21 heavy (non-hydrogen) atoms. The molecule has 0 aliphatic carbocycles. The van der Waals surface area contributed by atoms with Gasteiger partial charge in [0.05, 0.1) is 0 Å². The van der Waals surface area contributed by atoms with Gasteiger partial charge in [-0.25, -0.2) is 4.79 Å². The van der Waals surface area contributed by atoms with Crippen LogP contribution in [0.5, 0.6) is 0 Å². The maximum Gasteiger partial charge on any atom is 0.323 e. The highest BCUT2D eigenvalue weighted by Gasteiger charge is 2.08. The summed E-state index contributed by atoms with van der Waals surface area (Å²) in [6.07, 6.45) is 0.434. The van der Waals surface area contributed by atoms with Gasteiger partial charge in [0.2, 0.25) is 0 Å². The van der Waals surface area contributed by atoms with Crippen LogP contribution in [-0.2, 0) is 6.42 Å². The number of hydrogen-bond acceptors (Lipinski definition) is 2. The van der Waals surface area contributed by atoms with Crippen molar-refractivity contribution in [3.8, 4) is 0 Å². The number of anilines is 2. The SMILES string of the molecule is O=C(Nc1cccc(Cl)c1)Nc1cc(Cl)ccc1CCO. The summed E-state index contributed by atoms with van der Waals surface area (Å²) in [5.74, 6) is 0. The minimum atomic E-state index is -0.404. The van der Waals surface area contributed by atoms with Crippen molar-refractivity contribution in [1.82, 2.24) is 0 Å². The Balaban J connectivity index is 2.10. The number of rotatable bonds is 4. The van der Waals surface area contributed by atoms with Crippen LogP contribution in [-0.4, -0.2) is 17.7 Å². The lowest BCUT2D eigenvalue weighted by atomic mass is 10.1. The van der Waals surface area contributed by atoms with E-state index in [4.69, 9.17) is 28.3 Å². The van der Waals surface area contributed by atoms with Gasteiger partial charge in [0.25, 0.3) is 0 Å². The fourth-order valence-electron chi connectivity index (χ4n) is 1.85. The van der Waals surface area contributed by atoms with Crippen molar-refractivity contribution in [2.24, 2.45) is 0 Å². The third kappa shape index (κ3) is 4.63. The highest BCUT2D eigenvalue weighted by Crippen LogP contribution is 2.22. The highest BCUT2D eigenvalue weighted by molar-refractivity contribution is 6.31. The molecular formula is C15H14Cl2N2O2. The topological polar surface area (TPSA) is 61.4 Å². The molecule has 2 aromatic rings. The van der Waals surface area contributed by atoms with Gasteiger partial charge in [0, 0.05) is 28.0 Å². The number of aliphatic hydroxyl groups excluding tert-OH is 1. The molecule has 3 N–H and O–H groups in total. The lowest BCUT2D eigenvalue weighted by molar-refractivity contribution is 0.262. The monoisotopic (exact) mass is 324 g/mol. The van der Waals surface area contributed by atoms with Crippen LogP contribution >= 0.6 is 23.2 Å². The van der Waals surface area contributed by atoms with Gasteiger partial charge in [0.1, 0.15) is 0 Å². The third-order valence-corrected chi connectivity index (χ3v) is 3.25. The van der Waals surface area contributed by atoms with Crippen LogP contribution < -0.4 is 10.6 Å². The molecule has 2 rings (SSSR count). The molecule has 0 aliphatic heterocycles. The molecule has 6 heteroatoms. The number of carbonyl (C=O) groups excluding carboxylic acids is 1. The summed E-state index contributed by atoms with van der Waals surface area (Å²) in [5, 5.41) is 15.5. The first-order valence-electron chi connectivity index (χ1n) is 6.31. The van der Waals surface area contributed by atoms with Crippen LogP contribution in [0, 0.1) is 0 Å². The fraction of sp³-hybridized carbons (Fsp3) is 0.133. The Kier molecular flexibility index (Phi) is 5.44. The zero-order valence-corrected chi connectivity index (χ0v) is 12.6. The Hall–Kier alpha value is -1.75. The number of benzene rings is 2. The van der Waals surface area contributed by atoms with E-state index >= 15 is 0 Å². The molecule has 0 saturated carbocycles. The summed E-state index contributed by atoms with van der Waals surface area (Å²) < 4.78 is 0. The fourth-order valence-corrected chi connectivity index (χ4v) is 2.22. The van der Waals surface area contributed by atoms with E-state index in [1.54, 1.807) is 42.5 Å². The molecule has 0 radical (unpaired) electrons. The minimum absolute atomic E-state index is 0.00771. The molecule has 4 nitrogen and oxygen atoms in total. The van der Waals surface area contributed by atoms with Crippen LogP contribution in [0.15, 0.2) is 42.5 Å². The van der Waals surface area contributed by atoms with E-state index in [0.29, 0.717) is 27.8 Å². The van der Waals surface area contributed by atoms with Gasteiger partial charge in [0.15, 0.2) is 0 Å². The van der Waals surface area contributed by atoms with Gasteiger partial charge in [-0.05, 0) is 42.3 Å². The normalized spacial score (nSPS) is 10.2. The third-order valence-electron chi connectivity index (χ3n) is 2.78. The number of carbonyl (C=O) groups is 1. The first-order chi connectivity index (χ1) is 10.1. The van der Waals surface area contributed by atoms with Gasteiger partial charge in [-0.2, -0.15) is 0 Å². The minimum Gasteiger partial charge on any atom is -0.396 e. The second-order valence-electron chi connectivity index (χ2n) is 4.36. The molecule has 0 bridgehead atoms. The molecule has 0 fully saturated rings. The quantitative estimate of drug-likeness (QED) is 0.790. The molecule has 0 unspecified atom stereocenters. The van der Waals surface area contributed by atoms with Crippen molar-refractivity contribution >= 4 is 40.6 Å². The molecule has 2 aromatic carbocycles. The summed E-state index contributed by atoms with van der Waals surface area (Å²) in [4.78, 5) is 12.0. The van der Waals surface area contributed by atoms with Crippen molar-refractivity contribution in [2.45, 2.75) is 6.42 Å². The number of nitrogens with one attached hydrogen (secondary N) is 2. The molecule has 0 atom stereocenters. The predicted octanol–water partition coefficient (Wildman–Crippen LogP) is 4.17. The van der Waals surface area contributed by atoms with E-state index in [0.717, 1.165) is 5.56 Å². The average Bonchev–Trinajstić information content (AvgIpc) is 2.42. The predicted molar refractivity (Wildman–Crippen MR) is 86.3 cm³/mol. The second-order valence-corrected chi connectivity index (χ2v) is 5.24. The van der Waals surface area contributed by atoms with Crippen molar-refractivity contribution in [2.75, 3.05) is 17.2 Å². The molecular weight excluding hydrogens is 311 g/mol. The van der Waals surface area contributed by atoms with E-state index in [9.17, 15) is 4.79 Å². The maximum atomic E-state index is 12.0. The van der Waals surface area contributed by atoms with Crippen molar-refractivity contribution < 1.29 is 9.90 Å². The standard InChI is InChI=1S/C15H14Cl2N2O2/c16-11-2-1-3-13(8-11)18-15(21)19-14-9-12(17)5-4-10(14)6-7-20/h1-5,8-9,20H,6-7H2,(H2,18,19,21). The smallest absolute Gasteiger partial charge is 0.323 e.